The molecule has 1 aliphatic heterocycles. The van der Waals surface area contributed by atoms with E-state index in [9.17, 15) is 26.4 Å². The zero-order valence-corrected chi connectivity index (χ0v) is 15.0. The predicted octanol–water partition coefficient (Wildman–Crippen LogP) is 2.53. The Labute approximate surface area is 153 Å². The summed E-state index contributed by atoms with van der Waals surface area (Å²) in [6.07, 6.45) is -3.13. The van der Waals surface area contributed by atoms with Gasteiger partial charge in [0.05, 0.1) is 11.3 Å². The van der Waals surface area contributed by atoms with E-state index in [1.807, 2.05) is 0 Å². The Balaban J connectivity index is 2.03. The summed E-state index contributed by atoms with van der Waals surface area (Å²) in [5.74, 6) is -0.377. The zero-order valence-electron chi connectivity index (χ0n) is 14.2. The molecule has 1 N–H and O–H groups in total. The molecular weight excluding hydrogens is 383 g/mol. The Bertz CT molecular complexity index is 959. The summed E-state index contributed by atoms with van der Waals surface area (Å²) in [7, 11) is -3.80. The highest BCUT2D eigenvalue weighted by atomic mass is 32.2. The maximum atomic E-state index is 12.8. The number of sulfone groups is 1. The minimum absolute atomic E-state index is 0.0212. The van der Waals surface area contributed by atoms with Crippen LogP contribution in [0.2, 0.25) is 0 Å². The first-order chi connectivity index (χ1) is 12.6. The van der Waals surface area contributed by atoms with Crippen LogP contribution in [0, 0.1) is 0 Å². The first-order valence-electron chi connectivity index (χ1n) is 7.99. The highest BCUT2D eigenvalue weighted by molar-refractivity contribution is 7.92. The number of alkyl halides is 3. The Morgan fingerprint density at radius 3 is 2.52 bits per heavy atom. The fraction of sp³-hybridized carbons (Fsp3) is 0.294. The molecule has 6 nitrogen and oxygen atoms in total. The van der Waals surface area contributed by atoms with Gasteiger partial charge in [-0.2, -0.15) is 13.2 Å². The number of fused-ring (bicyclic) bond motifs is 1. The van der Waals surface area contributed by atoms with Crippen molar-refractivity contribution in [3.05, 3.63) is 48.2 Å². The van der Waals surface area contributed by atoms with E-state index in [1.165, 1.54) is 25.3 Å². The number of rotatable bonds is 3. The van der Waals surface area contributed by atoms with Crippen LogP contribution in [0.4, 0.5) is 24.5 Å². The molecule has 0 radical (unpaired) electrons. The smallest absolute Gasteiger partial charge is 0.355 e. The van der Waals surface area contributed by atoms with Crippen LogP contribution in [0.25, 0.3) is 0 Å². The highest BCUT2D eigenvalue weighted by Gasteiger charge is 2.39. The van der Waals surface area contributed by atoms with Gasteiger partial charge in [0, 0.05) is 31.9 Å². The molecule has 2 heterocycles. The van der Waals surface area contributed by atoms with Gasteiger partial charge >= 0.3 is 6.18 Å². The maximum absolute atomic E-state index is 12.8. The largest absolute Gasteiger partial charge is 0.416 e. The van der Waals surface area contributed by atoms with Gasteiger partial charge in [0.2, 0.25) is 15.7 Å². The third kappa shape index (κ3) is 3.75. The molecule has 27 heavy (non-hydrogen) atoms. The van der Waals surface area contributed by atoms with Gasteiger partial charge in [-0.25, -0.2) is 13.4 Å². The van der Waals surface area contributed by atoms with Gasteiger partial charge in [-0.15, -0.1) is 0 Å². The molecule has 1 atom stereocenters. The molecule has 1 aromatic carbocycles. The Morgan fingerprint density at radius 1 is 1.26 bits per heavy atom. The zero-order chi connectivity index (χ0) is 19.8. The van der Waals surface area contributed by atoms with E-state index in [2.05, 4.69) is 10.3 Å². The Morgan fingerprint density at radius 2 is 1.93 bits per heavy atom. The van der Waals surface area contributed by atoms with E-state index >= 15 is 0 Å². The van der Waals surface area contributed by atoms with Crippen molar-refractivity contribution >= 4 is 27.1 Å². The summed E-state index contributed by atoms with van der Waals surface area (Å²) in [4.78, 5) is 16.7. The maximum Gasteiger partial charge on any atom is 0.416 e. The summed E-state index contributed by atoms with van der Waals surface area (Å²) in [6.45, 7) is 1.13. The summed E-state index contributed by atoms with van der Waals surface area (Å²) in [6, 6.07) is 7.56. The second-order valence-corrected chi connectivity index (χ2v) is 8.23. The lowest BCUT2D eigenvalue weighted by Crippen LogP contribution is -2.46. The Hall–Kier alpha value is -2.62. The van der Waals surface area contributed by atoms with E-state index in [0.717, 1.165) is 12.1 Å². The molecule has 1 unspecified atom stereocenters. The van der Waals surface area contributed by atoms with Gasteiger partial charge in [-0.3, -0.25) is 4.79 Å². The lowest BCUT2D eigenvalue weighted by molar-refractivity contribution is -0.137. The molecule has 3 rings (SSSR count). The van der Waals surface area contributed by atoms with Crippen molar-refractivity contribution in [2.24, 2.45) is 0 Å². The molecule has 0 bridgehead atoms. The van der Waals surface area contributed by atoms with Gasteiger partial charge < -0.3 is 10.2 Å². The second kappa shape index (κ2) is 6.84. The minimum atomic E-state index is -4.46. The number of carbonyl (C=O) groups is 1. The van der Waals surface area contributed by atoms with Gasteiger partial charge in [0.1, 0.15) is 5.25 Å². The summed E-state index contributed by atoms with van der Waals surface area (Å²) in [5, 5.41) is 1.34. The molecular formula is C17H16F3N3O3S. The molecule has 0 saturated heterocycles. The number of carbonyl (C=O) groups excluding carboxylic acids is 1. The van der Waals surface area contributed by atoms with Crippen molar-refractivity contribution in [2.45, 2.75) is 23.4 Å². The highest BCUT2D eigenvalue weighted by Crippen LogP contribution is 2.38. The lowest BCUT2D eigenvalue weighted by Gasteiger charge is -2.35. The number of benzene rings is 1. The number of nitrogens with zero attached hydrogens (tertiary/aromatic N) is 2. The van der Waals surface area contributed by atoms with Crippen LogP contribution in [0.3, 0.4) is 0 Å². The van der Waals surface area contributed by atoms with E-state index in [-0.39, 0.29) is 29.7 Å². The standard InChI is InChI=1S/C17H16F3N3O3S/c1-11(24)22-9-14-10-23(13-6-4-12(5-7-13)17(18,19)20)15-3-2-8-21-16(15)27(14,25)26/h2-8,14H,9-10H2,1H3,(H,22,24). The molecule has 1 amide bonds. The molecule has 0 spiro atoms. The van der Waals surface area contributed by atoms with Crippen molar-refractivity contribution in [3.63, 3.8) is 0 Å². The van der Waals surface area contributed by atoms with Crippen LogP contribution in [0.1, 0.15) is 12.5 Å². The summed E-state index contributed by atoms with van der Waals surface area (Å²) >= 11 is 0. The van der Waals surface area contributed by atoms with Gasteiger partial charge in [-0.1, -0.05) is 0 Å². The first-order valence-corrected chi connectivity index (χ1v) is 9.53. The molecule has 0 fully saturated rings. The van der Waals surface area contributed by atoms with E-state index in [4.69, 9.17) is 0 Å². The third-order valence-electron chi connectivity index (χ3n) is 4.22. The van der Waals surface area contributed by atoms with Crippen molar-refractivity contribution in [3.8, 4) is 0 Å². The number of anilines is 2. The number of halogens is 3. The Kier molecular flexibility index (Phi) is 4.85. The third-order valence-corrected chi connectivity index (χ3v) is 6.27. The average molecular weight is 399 g/mol. The number of nitrogens with one attached hydrogen (secondary N) is 1. The number of pyridine rings is 1. The molecule has 2 aromatic rings. The van der Waals surface area contributed by atoms with Crippen molar-refractivity contribution in [2.75, 3.05) is 18.0 Å². The molecule has 0 saturated carbocycles. The van der Waals surface area contributed by atoms with Crippen molar-refractivity contribution < 1.29 is 26.4 Å². The summed E-state index contributed by atoms with van der Waals surface area (Å²) in [5.41, 5.74) is -0.103. The predicted molar refractivity (Wildman–Crippen MR) is 92.3 cm³/mol. The van der Waals surface area contributed by atoms with Gasteiger partial charge in [0.15, 0.2) is 5.03 Å². The molecule has 0 aliphatic carbocycles. The van der Waals surface area contributed by atoms with Crippen molar-refractivity contribution in [1.29, 1.82) is 0 Å². The van der Waals surface area contributed by atoms with E-state index in [0.29, 0.717) is 5.69 Å². The monoisotopic (exact) mass is 399 g/mol. The number of aromatic nitrogens is 1. The lowest BCUT2D eigenvalue weighted by atomic mass is 10.1. The van der Waals surface area contributed by atoms with Crippen molar-refractivity contribution in [1.82, 2.24) is 10.3 Å². The fourth-order valence-electron chi connectivity index (χ4n) is 2.87. The van der Waals surface area contributed by atoms with Crippen LogP contribution in [-0.2, 0) is 20.8 Å². The second-order valence-electron chi connectivity index (χ2n) is 6.09. The molecule has 144 valence electrons. The van der Waals surface area contributed by atoms with Gasteiger partial charge in [-0.05, 0) is 36.4 Å². The quantitative estimate of drug-likeness (QED) is 0.858. The van der Waals surface area contributed by atoms with E-state index < -0.39 is 26.8 Å². The van der Waals surface area contributed by atoms with Gasteiger partial charge in [0.25, 0.3) is 0 Å². The van der Waals surface area contributed by atoms with Crippen LogP contribution < -0.4 is 10.2 Å². The molecule has 10 heteroatoms. The molecule has 1 aliphatic rings. The molecule has 1 aromatic heterocycles. The van der Waals surface area contributed by atoms with E-state index in [1.54, 1.807) is 17.0 Å². The van der Waals surface area contributed by atoms with Crippen LogP contribution in [-0.4, -0.2) is 37.6 Å². The normalized spacial score (nSPS) is 18.7. The van der Waals surface area contributed by atoms with Crippen LogP contribution >= 0.6 is 0 Å². The fourth-order valence-corrected chi connectivity index (χ4v) is 4.51. The summed E-state index contributed by atoms with van der Waals surface area (Å²) < 4.78 is 64.0. The minimum Gasteiger partial charge on any atom is -0.355 e. The van der Waals surface area contributed by atoms with Crippen LogP contribution in [0.5, 0.6) is 0 Å². The van der Waals surface area contributed by atoms with Crippen LogP contribution in [0.15, 0.2) is 47.6 Å². The number of hydrogen-bond donors (Lipinski definition) is 1. The SMILES string of the molecule is CC(=O)NCC1CN(c2ccc(C(F)(F)F)cc2)c2cccnc2S1(=O)=O. The first kappa shape index (κ1) is 19.2. The number of hydrogen-bond acceptors (Lipinski definition) is 5. The average Bonchev–Trinajstić information content (AvgIpc) is 2.60. The number of amides is 1. The topological polar surface area (TPSA) is 79.4 Å².